The van der Waals surface area contributed by atoms with E-state index in [4.69, 9.17) is 14.9 Å². The molecule has 2 unspecified atom stereocenters. The Morgan fingerprint density at radius 1 is 1.50 bits per heavy atom. The van der Waals surface area contributed by atoms with E-state index in [0.29, 0.717) is 13.0 Å². The highest BCUT2D eigenvalue weighted by molar-refractivity contribution is 5.89. The van der Waals surface area contributed by atoms with Gasteiger partial charge in [0.2, 0.25) is 0 Å². The molecule has 0 aromatic rings. The standard InChI is InChI=1S/C11H14O5/c1-6(7(2)10(12)13)3-8(11(14)15)4-9-5-16-9/h3,6,9H,2,4-5H2,1H3,(H,12,13)(H,14,15). The van der Waals surface area contributed by atoms with Crippen LogP contribution in [0, 0.1) is 5.92 Å². The van der Waals surface area contributed by atoms with Gasteiger partial charge in [0.1, 0.15) is 0 Å². The van der Waals surface area contributed by atoms with Crippen molar-refractivity contribution in [3.05, 3.63) is 23.8 Å². The molecule has 0 aliphatic carbocycles. The van der Waals surface area contributed by atoms with Crippen LogP contribution in [-0.4, -0.2) is 34.9 Å². The third kappa shape index (κ3) is 3.51. The molecule has 0 aromatic carbocycles. The van der Waals surface area contributed by atoms with Gasteiger partial charge in [-0.25, -0.2) is 9.59 Å². The Bertz CT molecular complexity index is 351. The van der Waals surface area contributed by atoms with Crippen molar-refractivity contribution < 1.29 is 24.5 Å². The second kappa shape index (κ2) is 4.94. The molecule has 2 N–H and O–H groups in total. The minimum Gasteiger partial charge on any atom is -0.478 e. The molecule has 0 amide bonds. The Kier molecular flexibility index (Phi) is 3.84. The van der Waals surface area contributed by atoms with Gasteiger partial charge in [-0.05, 0) is 0 Å². The molecular formula is C11H14O5. The second-order valence-corrected chi connectivity index (χ2v) is 3.78. The topological polar surface area (TPSA) is 87.1 Å². The van der Waals surface area contributed by atoms with Crippen molar-refractivity contribution in [1.82, 2.24) is 0 Å². The van der Waals surface area contributed by atoms with Crippen molar-refractivity contribution in [3.8, 4) is 0 Å². The molecule has 0 radical (unpaired) electrons. The fraction of sp³-hybridized carbons (Fsp3) is 0.455. The number of epoxide rings is 1. The lowest BCUT2D eigenvalue weighted by Gasteiger charge is -2.07. The molecular weight excluding hydrogens is 212 g/mol. The molecule has 1 aliphatic rings. The highest BCUT2D eigenvalue weighted by Crippen LogP contribution is 2.22. The zero-order valence-corrected chi connectivity index (χ0v) is 8.97. The maximum absolute atomic E-state index is 10.9. The first-order valence-electron chi connectivity index (χ1n) is 4.89. The molecule has 88 valence electrons. The smallest absolute Gasteiger partial charge is 0.331 e. The minimum atomic E-state index is -1.11. The molecule has 1 aliphatic heterocycles. The van der Waals surface area contributed by atoms with Gasteiger partial charge in [-0.15, -0.1) is 0 Å². The highest BCUT2D eigenvalue weighted by Gasteiger charge is 2.27. The number of hydrogen-bond donors (Lipinski definition) is 2. The van der Waals surface area contributed by atoms with Crippen LogP contribution in [0.3, 0.4) is 0 Å². The van der Waals surface area contributed by atoms with Crippen molar-refractivity contribution in [2.24, 2.45) is 5.92 Å². The van der Waals surface area contributed by atoms with Gasteiger partial charge in [-0.1, -0.05) is 19.6 Å². The summed E-state index contributed by atoms with van der Waals surface area (Å²) in [5, 5.41) is 17.6. The first-order chi connectivity index (χ1) is 7.41. The Morgan fingerprint density at radius 3 is 2.44 bits per heavy atom. The number of ether oxygens (including phenoxy) is 1. The molecule has 0 spiro atoms. The summed E-state index contributed by atoms with van der Waals surface area (Å²) in [6, 6.07) is 0. The molecule has 5 heteroatoms. The molecule has 0 saturated carbocycles. The molecule has 2 atom stereocenters. The van der Waals surface area contributed by atoms with Crippen LogP contribution in [0.5, 0.6) is 0 Å². The summed E-state index contributed by atoms with van der Waals surface area (Å²) >= 11 is 0. The molecule has 1 saturated heterocycles. The summed E-state index contributed by atoms with van der Waals surface area (Å²) in [6.07, 6.45) is 1.69. The predicted molar refractivity (Wildman–Crippen MR) is 56.0 cm³/mol. The first kappa shape index (κ1) is 12.4. The van der Waals surface area contributed by atoms with E-state index in [-0.39, 0.29) is 17.3 Å². The quantitative estimate of drug-likeness (QED) is 0.522. The number of carboxylic acids is 2. The number of allylic oxidation sites excluding steroid dienone is 1. The lowest BCUT2D eigenvalue weighted by Crippen LogP contribution is -2.10. The monoisotopic (exact) mass is 226 g/mol. The summed E-state index contributed by atoms with van der Waals surface area (Å²) in [7, 11) is 0. The summed E-state index contributed by atoms with van der Waals surface area (Å²) in [6.45, 7) is 5.57. The number of hydrogen-bond acceptors (Lipinski definition) is 3. The normalized spacial score (nSPS) is 21.3. The fourth-order valence-electron chi connectivity index (χ4n) is 1.25. The van der Waals surface area contributed by atoms with E-state index >= 15 is 0 Å². The number of carboxylic acid groups (broad SMARTS) is 2. The van der Waals surface area contributed by atoms with Crippen LogP contribution in [0.1, 0.15) is 13.3 Å². The van der Waals surface area contributed by atoms with E-state index in [9.17, 15) is 9.59 Å². The molecule has 0 aromatic heterocycles. The lowest BCUT2D eigenvalue weighted by atomic mass is 9.98. The van der Waals surface area contributed by atoms with Crippen LogP contribution in [0.2, 0.25) is 0 Å². The van der Waals surface area contributed by atoms with Gasteiger partial charge in [0.05, 0.1) is 12.7 Å². The maximum atomic E-state index is 10.9. The van der Waals surface area contributed by atoms with E-state index in [1.807, 2.05) is 0 Å². The predicted octanol–water partition coefficient (Wildman–Crippen LogP) is 1.06. The Morgan fingerprint density at radius 2 is 2.06 bits per heavy atom. The van der Waals surface area contributed by atoms with Gasteiger partial charge in [-0.2, -0.15) is 0 Å². The van der Waals surface area contributed by atoms with E-state index in [2.05, 4.69) is 6.58 Å². The van der Waals surface area contributed by atoms with Crippen LogP contribution >= 0.6 is 0 Å². The third-order valence-corrected chi connectivity index (χ3v) is 2.40. The highest BCUT2D eigenvalue weighted by atomic mass is 16.6. The second-order valence-electron chi connectivity index (χ2n) is 3.78. The van der Waals surface area contributed by atoms with E-state index in [0.717, 1.165) is 0 Å². The van der Waals surface area contributed by atoms with Gasteiger partial charge >= 0.3 is 11.9 Å². The van der Waals surface area contributed by atoms with Crippen molar-refractivity contribution in [3.63, 3.8) is 0 Å². The Balaban J connectivity index is 2.71. The maximum Gasteiger partial charge on any atom is 0.331 e. The zero-order valence-electron chi connectivity index (χ0n) is 8.97. The number of rotatable bonds is 6. The van der Waals surface area contributed by atoms with E-state index in [1.54, 1.807) is 6.92 Å². The van der Waals surface area contributed by atoms with Crippen molar-refractivity contribution >= 4 is 11.9 Å². The average Bonchev–Trinajstić information content (AvgIpc) is 2.98. The van der Waals surface area contributed by atoms with Crippen LogP contribution in [-0.2, 0) is 14.3 Å². The summed E-state index contributed by atoms with van der Waals surface area (Å²) in [5.41, 5.74) is 0.160. The molecule has 0 bridgehead atoms. The SMILES string of the molecule is C=C(C(=O)O)C(C)C=C(CC1CO1)C(=O)O. The summed E-state index contributed by atoms with van der Waals surface area (Å²) in [5.74, 6) is -2.65. The average molecular weight is 226 g/mol. The first-order valence-corrected chi connectivity index (χ1v) is 4.89. The van der Waals surface area contributed by atoms with E-state index < -0.39 is 17.9 Å². The zero-order chi connectivity index (χ0) is 12.3. The van der Waals surface area contributed by atoms with E-state index in [1.165, 1.54) is 6.08 Å². The van der Waals surface area contributed by atoms with Gasteiger partial charge in [0.25, 0.3) is 0 Å². The largest absolute Gasteiger partial charge is 0.478 e. The van der Waals surface area contributed by atoms with Crippen LogP contribution < -0.4 is 0 Å². The van der Waals surface area contributed by atoms with Gasteiger partial charge in [0.15, 0.2) is 0 Å². The number of carbonyl (C=O) groups is 2. The molecule has 1 rings (SSSR count). The lowest BCUT2D eigenvalue weighted by molar-refractivity contribution is -0.134. The Labute approximate surface area is 93.0 Å². The van der Waals surface area contributed by atoms with Crippen LogP contribution in [0.15, 0.2) is 23.8 Å². The van der Waals surface area contributed by atoms with Gasteiger partial charge in [0, 0.05) is 23.5 Å². The fourth-order valence-corrected chi connectivity index (χ4v) is 1.25. The van der Waals surface area contributed by atoms with Crippen molar-refractivity contribution in [2.45, 2.75) is 19.4 Å². The van der Waals surface area contributed by atoms with Crippen LogP contribution in [0.25, 0.3) is 0 Å². The summed E-state index contributed by atoms with van der Waals surface area (Å²) < 4.78 is 4.94. The minimum absolute atomic E-state index is 0.0181. The van der Waals surface area contributed by atoms with Gasteiger partial charge in [-0.3, -0.25) is 0 Å². The summed E-state index contributed by atoms with van der Waals surface area (Å²) in [4.78, 5) is 21.5. The molecule has 16 heavy (non-hydrogen) atoms. The van der Waals surface area contributed by atoms with Crippen molar-refractivity contribution in [2.75, 3.05) is 6.61 Å². The van der Waals surface area contributed by atoms with Gasteiger partial charge < -0.3 is 14.9 Å². The molecule has 5 nitrogen and oxygen atoms in total. The Hall–Kier alpha value is -1.62. The van der Waals surface area contributed by atoms with Crippen LogP contribution in [0.4, 0.5) is 0 Å². The third-order valence-electron chi connectivity index (χ3n) is 2.40. The number of aliphatic carboxylic acids is 2. The van der Waals surface area contributed by atoms with Crippen molar-refractivity contribution in [1.29, 1.82) is 0 Å². The molecule has 1 heterocycles. The molecule has 1 fully saturated rings.